The Bertz CT molecular complexity index is 256. The van der Waals surface area contributed by atoms with Crippen molar-refractivity contribution < 1.29 is 0 Å². The molecule has 1 atom stereocenters. The van der Waals surface area contributed by atoms with Crippen LogP contribution in [0.25, 0.3) is 0 Å². The smallest absolute Gasteiger partial charge is 0.0342 e. The summed E-state index contributed by atoms with van der Waals surface area (Å²) in [5.41, 5.74) is 2.62. The second-order valence-electron chi connectivity index (χ2n) is 3.58. The molecular formula is C12H19NS. The molecule has 0 bridgehead atoms. The van der Waals surface area contributed by atoms with Crippen LogP contribution >= 0.6 is 11.8 Å². The molecule has 1 nitrogen and oxygen atoms in total. The Labute approximate surface area is 91.3 Å². The lowest BCUT2D eigenvalue weighted by atomic mass is 10.2. The van der Waals surface area contributed by atoms with E-state index < -0.39 is 0 Å². The molecule has 0 radical (unpaired) electrons. The zero-order chi connectivity index (χ0) is 10.4. The SMILES string of the molecule is CCC(C)Nc1ccc(CSC)cc1. The molecule has 1 N–H and O–H groups in total. The summed E-state index contributed by atoms with van der Waals surface area (Å²) >= 11 is 1.86. The predicted molar refractivity (Wildman–Crippen MR) is 67.0 cm³/mol. The van der Waals surface area contributed by atoms with Gasteiger partial charge in [-0.15, -0.1) is 0 Å². The molecule has 0 fully saturated rings. The van der Waals surface area contributed by atoms with Crippen molar-refractivity contribution in [2.45, 2.75) is 32.1 Å². The van der Waals surface area contributed by atoms with Crippen molar-refractivity contribution in [1.29, 1.82) is 0 Å². The van der Waals surface area contributed by atoms with Gasteiger partial charge >= 0.3 is 0 Å². The fourth-order valence-corrected chi connectivity index (χ4v) is 1.78. The summed E-state index contributed by atoms with van der Waals surface area (Å²) in [5.74, 6) is 1.10. The highest BCUT2D eigenvalue weighted by molar-refractivity contribution is 7.97. The third-order valence-corrected chi connectivity index (χ3v) is 2.91. The van der Waals surface area contributed by atoms with Crippen LogP contribution in [-0.4, -0.2) is 12.3 Å². The Hall–Kier alpha value is -0.630. The van der Waals surface area contributed by atoms with Gasteiger partial charge in [-0.05, 0) is 37.3 Å². The minimum Gasteiger partial charge on any atom is -0.383 e. The number of hydrogen-bond donors (Lipinski definition) is 1. The molecule has 14 heavy (non-hydrogen) atoms. The molecule has 0 spiro atoms. The van der Waals surface area contributed by atoms with E-state index in [9.17, 15) is 0 Å². The summed E-state index contributed by atoms with van der Waals surface area (Å²) < 4.78 is 0. The topological polar surface area (TPSA) is 12.0 Å². The van der Waals surface area contributed by atoms with Crippen LogP contribution in [0.1, 0.15) is 25.8 Å². The number of nitrogens with one attached hydrogen (secondary N) is 1. The van der Waals surface area contributed by atoms with Crippen LogP contribution in [0.15, 0.2) is 24.3 Å². The maximum Gasteiger partial charge on any atom is 0.0342 e. The van der Waals surface area contributed by atoms with Gasteiger partial charge < -0.3 is 5.32 Å². The maximum absolute atomic E-state index is 3.45. The van der Waals surface area contributed by atoms with Gasteiger partial charge in [0.05, 0.1) is 0 Å². The van der Waals surface area contributed by atoms with Gasteiger partial charge in [-0.25, -0.2) is 0 Å². The Morgan fingerprint density at radius 2 is 1.93 bits per heavy atom. The molecule has 0 aliphatic carbocycles. The average Bonchev–Trinajstić information content (AvgIpc) is 2.21. The number of rotatable bonds is 5. The van der Waals surface area contributed by atoms with E-state index in [4.69, 9.17) is 0 Å². The van der Waals surface area contributed by atoms with Crippen LogP contribution in [0.2, 0.25) is 0 Å². The number of anilines is 1. The number of thioether (sulfide) groups is 1. The largest absolute Gasteiger partial charge is 0.383 e. The first-order chi connectivity index (χ1) is 6.76. The molecule has 0 aliphatic rings. The lowest BCUT2D eigenvalue weighted by molar-refractivity contribution is 0.764. The van der Waals surface area contributed by atoms with Crippen molar-refractivity contribution in [2.24, 2.45) is 0 Å². The molecular weight excluding hydrogens is 190 g/mol. The molecule has 0 saturated heterocycles. The fraction of sp³-hybridized carbons (Fsp3) is 0.500. The first kappa shape index (κ1) is 11.4. The first-order valence-electron chi connectivity index (χ1n) is 5.10. The quantitative estimate of drug-likeness (QED) is 0.792. The summed E-state index contributed by atoms with van der Waals surface area (Å²) in [5, 5.41) is 3.45. The molecule has 1 rings (SSSR count). The zero-order valence-electron chi connectivity index (χ0n) is 9.21. The van der Waals surface area contributed by atoms with Crippen LogP contribution < -0.4 is 5.32 Å². The lowest BCUT2D eigenvalue weighted by Crippen LogP contribution is -2.13. The number of hydrogen-bond acceptors (Lipinski definition) is 2. The van der Waals surface area contributed by atoms with Crippen LogP contribution in [0.3, 0.4) is 0 Å². The molecule has 1 unspecified atom stereocenters. The second kappa shape index (κ2) is 5.97. The van der Waals surface area contributed by atoms with E-state index in [1.807, 2.05) is 11.8 Å². The third-order valence-electron chi connectivity index (χ3n) is 2.29. The van der Waals surface area contributed by atoms with Gasteiger partial charge in [-0.2, -0.15) is 11.8 Å². The van der Waals surface area contributed by atoms with E-state index in [1.54, 1.807) is 0 Å². The Morgan fingerprint density at radius 3 is 2.43 bits per heavy atom. The minimum absolute atomic E-state index is 0.557. The molecule has 0 saturated carbocycles. The lowest BCUT2D eigenvalue weighted by Gasteiger charge is -2.13. The van der Waals surface area contributed by atoms with Crippen molar-refractivity contribution >= 4 is 17.4 Å². The normalized spacial score (nSPS) is 12.5. The van der Waals surface area contributed by atoms with Crippen LogP contribution in [-0.2, 0) is 5.75 Å². The van der Waals surface area contributed by atoms with Crippen LogP contribution in [0, 0.1) is 0 Å². The molecule has 0 heterocycles. The van der Waals surface area contributed by atoms with Gasteiger partial charge in [0, 0.05) is 17.5 Å². The van der Waals surface area contributed by atoms with E-state index in [-0.39, 0.29) is 0 Å². The van der Waals surface area contributed by atoms with E-state index in [2.05, 4.69) is 49.7 Å². The van der Waals surface area contributed by atoms with E-state index in [0.29, 0.717) is 6.04 Å². The highest BCUT2D eigenvalue weighted by Crippen LogP contribution is 2.14. The van der Waals surface area contributed by atoms with Crippen molar-refractivity contribution in [3.05, 3.63) is 29.8 Å². The summed E-state index contributed by atoms with van der Waals surface area (Å²) in [6, 6.07) is 9.28. The van der Waals surface area contributed by atoms with Crippen molar-refractivity contribution in [1.82, 2.24) is 0 Å². The van der Waals surface area contributed by atoms with Crippen LogP contribution in [0.4, 0.5) is 5.69 Å². The fourth-order valence-electron chi connectivity index (χ4n) is 1.25. The molecule has 0 aromatic heterocycles. The van der Waals surface area contributed by atoms with Gasteiger partial charge in [-0.1, -0.05) is 19.1 Å². The van der Waals surface area contributed by atoms with Crippen molar-refractivity contribution in [2.75, 3.05) is 11.6 Å². The highest BCUT2D eigenvalue weighted by Gasteiger charge is 1.98. The molecule has 0 amide bonds. The summed E-state index contributed by atoms with van der Waals surface area (Å²) in [4.78, 5) is 0. The molecule has 1 aromatic carbocycles. The summed E-state index contributed by atoms with van der Waals surface area (Å²) in [6.45, 7) is 4.40. The number of benzene rings is 1. The summed E-state index contributed by atoms with van der Waals surface area (Å²) in [6.07, 6.45) is 3.29. The van der Waals surface area contributed by atoms with Gasteiger partial charge in [0.1, 0.15) is 0 Å². The second-order valence-corrected chi connectivity index (χ2v) is 4.45. The highest BCUT2D eigenvalue weighted by atomic mass is 32.2. The summed E-state index contributed by atoms with van der Waals surface area (Å²) in [7, 11) is 0. The third kappa shape index (κ3) is 3.62. The predicted octanol–water partition coefficient (Wildman–Crippen LogP) is 3.76. The molecule has 1 aromatic rings. The van der Waals surface area contributed by atoms with Crippen molar-refractivity contribution in [3.63, 3.8) is 0 Å². The van der Waals surface area contributed by atoms with E-state index in [1.165, 1.54) is 11.3 Å². The van der Waals surface area contributed by atoms with Gasteiger partial charge in [0.15, 0.2) is 0 Å². The van der Waals surface area contributed by atoms with Crippen LogP contribution in [0.5, 0.6) is 0 Å². The van der Waals surface area contributed by atoms with Gasteiger partial charge in [-0.3, -0.25) is 0 Å². The average molecular weight is 209 g/mol. The minimum atomic E-state index is 0.557. The first-order valence-corrected chi connectivity index (χ1v) is 6.50. The Kier molecular flexibility index (Phi) is 4.88. The standard InChI is InChI=1S/C12H19NS/c1-4-10(2)13-12-7-5-11(6-8-12)9-14-3/h5-8,10,13H,4,9H2,1-3H3. The van der Waals surface area contributed by atoms with Crippen molar-refractivity contribution in [3.8, 4) is 0 Å². The maximum atomic E-state index is 3.45. The van der Waals surface area contributed by atoms with E-state index in [0.717, 1.165) is 12.2 Å². The van der Waals surface area contributed by atoms with E-state index >= 15 is 0 Å². The van der Waals surface area contributed by atoms with Gasteiger partial charge in [0.2, 0.25) is 0 Å². The monoisotopic (exact) mass is 209 g/mol. The molecule has 0 aliphatic heterocycles. The molecule has 2 heteroatoms. The Balaban J connectivity index is 2.54. The molecule has 78 valence electrons. The zero-order valence-corrected chi connectivity index (χ0v) is 10.0. The van der Waals surface area contributed by atoms with Gasteiger partial charge in [0.25, 0.3) is 0 Å². The Morgan fingerprint density at radius 1 is 1.29 bits per heavy atom.